The molecule has 0 aliphatic carbocycles. The van der Waals surface area contributed by atoms with Gasteiger partial charge in [-0.05, 0) is 6.42 Å². The zero-order valence-corrected chi connectivity index (χ0v) is 6.02. The summed E-state index contributed by atoms with van der Waals surface area (Å²) in [4.78, 5) is 8.84. The lowest BCUT2D eigenvalue weighted by molar-refractivity contribution is -0.271. The number of rotatable bonds is 6. The highest BCUT2D eigenvalue weighted by atomic mass is 32.2. The van der Waals surface area contributed by atoms with E-state index in [1.807, 2.05) is 0 Å². The summed E-state index contributed by atoms with van der Waals surface area (Å²) in [6.07, 6.45) is 0.791. The van der Waals surface area contributed by atoms with Crippen molar-refractivity contribution in [1.29, 1.82) is 0 Å². The minimum atomic E-state index is 0.521. The first-order chi connectivity index (χ1) is 4.41. The highest BCUT2D eigenvalue weighted by Gasteiger charge is 1.88. The Bertz CT molecular complexity index is 45.8. The van der Waals surface area contributed by atoms with Gasteiger partial charge in [-0.1, -0.05) is 0 Å². The van der Waals surface area contributed by atoms with E-state index in [1.165, 1.54) is 7.11 Å². The van der Waals surface area contributed by atoms with E-state index >= 15 is 0 Å². The standard InChI is InChI=1S/C4H10O4S/c1-6-7-3-2-4-9-8-5/h5H,2-4H2,1H3. The van der Waals surface area contributed by atoms with E-state index in [4.69, 9.17) is 5.26 Å². The van der Waals surface area contributed by atoms with Crippen LogP contribution < -0.4 is 0 Å². The molecule has 0 aromatic carbocycles. The normalized spacial score (nSPS) is 10.0. The molecule has 5 heteroatoms. The van der Waals surface area contributed by atoms with Gasteiger partial charge < -0.3 is 0 Å². The highest BCUT2D eigenvalue weighted by molar-refractivity contribution is 7.94. The maximum Gasteiger partial charge on any atom is 0.0830 e. The molecule has 0 saturated carbocycles. The van der Waals surface area contributed by atoms with Crippen molar-refractivity contribution in [2.45, 2.75) is 6.42 Å². The summed E-state index contributed by atoms with van der Waals surface area (Å²) >= 11 is 0.979. The lowest BCUT2D eigenvalue weighted by Gasteiger charge is -1.96. The Labute approximate surface area is 58.2 Å². The Kier molecular flexibility index (Phi) is 8.36. The first kappa shape index (κ1) is 9.19. The van der Waals surface area contributed by atoms with E-state index in [0.29, 0.717) is 12.4 Å². The fourth-order valence-corrected chi connectivity index (χ4v) is 0.608. The molecule has 0 fully saturated rings. The van der Waals surface area contributed by atoms with Gasteiger partial charge in [0.2, 0.25) is 0 Å². The average Bonchev–Trinajstić information content (AvgIpc) is 1.89. The van der Waals surface area contributed by atoms with Crippen LogP contribution in [0.15, 0.2) is 0 Å². The molecule has 0 rings (SSSR count). The predicted molar refractivity (Wildman–Crippen MR) is 33.7 cm³/mol. The van der Waals surface area contributed by atoms with Gasteiger partial charge in [-0.2, -0.15) is 4.33 Å². The van der Waals surface area contributed by atoms with E-state index in [9.17, 15) is 0 Å². The van der Waals surface area contributed by atoms with Crippen molar-refractivity contribution in [2.24, 2.45) is 0 Å². The van der Waals surface area contributed by atoms with Gasteiger partial charge in [-0.15, -0.1) is 0 Å². The molecule has 0 saturated heterocycles. The first-order valence-corrected chi connectivity index (χ1v) is 3.41. The Morgan fingerprint density at radius 3 is 2.89 bits per heavy atom. The van der Waals surface area contributed by atoms with Gasteiger partial charge in [0, 0.05) is 17.8 Å². The Balaban J connectivity index is 2.60. The van der Waals surface area contributed by atoms with Crippen molar-refractivity contribution in [2.75, 3.05) is 19.5 Å². The van der Waals surface area contributed by atoms with E-state index in [0.717, 1.165) is 18.5 Å². The van der Waals surface area contributed by atoms with Crippen molar-refractivity contribution >= 4 is 12.0 Å². The van der Waals surface area contributed by atoms with Crippen molar-refractivity contribution in [3.05, 3.63) is 0 Å². The molecule has 0 amide bonds. The Morgan fingerprint density at radius 1 is 1.56 bits per heavy atom. The van der Waals surface area contributed by atoms with Crippen molar-refractivity contribution in [1.82, 2.24) is 0 Å². The maximum absolute atomic E-state index is 7.81. The van der Waals surface area contributed by atoms with Gasteiger partial charge in [0.05, 0.1) is 13.7 Å². The lowest BCUT2D eigenvalue weighted by Crippen LogP contribution is -1.93. The van der Waals surface area contributed by atoms with Gasteiger partial charge in [0.1, 0.15) is 0 Å². The van der Waals surface area contributed by atoms with E-state index < -0.39 is 0 Å². The average molecular weight is 154 g/mol. The molecule has 0 aliphatic rings. The maximum atomic E-state index is 7.81. The quantitative estimate of drug-likeness (QED) is 0.268. The van der Waals surface area contributed by atoms with E-state index in [1.54, 1.807) is 0 Å². The van der Waals surface area contributed by atoms with E-state index in [-0.39, 0.29) is 0 Å². The summed E-state index contributed by atoms with van der Waals surface area (Å²) in [5, 5.41) is 7.81. The van der Waals surface area contributed by atoms with Crippen LogP contribution in [0.25, 0.3) is 0 Å². The second-order valence-corrected chi connectivity index (χ2v) is 2.03. The summed E-state index contributed by atoms with van der Waals surface area (Å²) < 4.78 is 3.74. The molecule has 0 aliphatic heterocycles. The minimum Gasteiger partial charge on any atom is -0.240 e. The molecule has 0 aromatic heterocycles. The smallest absolute Gasteiger partial charge is 0.0830 e. The molecule has 4 nitrogen and oxygen atoms in total. The second-order valence-electron chi connectivity index (χ2n) is 1.24. The monoisotopic (exact) mass is 154 g/mol. The zero-order chi connectivity index (χ0) is 6.95. The fraction of sp³-hybridized carbons (Fsp3) is 1.00. The summed E-state index contributed by atoms with van der Waals surface area (Å²) in [5.74, 6) is 0.694. The van der Waals surface area contributed by atoms with Crippen molar-refractivity contribution in [3.8, 4) is 0 Å². The summed E-state index contributed by atoms with van der Waals surface area (Å²) in [6, 6.07) is 0. The first-order valence-electron chi connectivity index (χ1n) is 2.50. The zero-order valence-electron chi connectivity index (χ0n) is 5.20. The van der Waals surface area contributed by atoms with Gasteiger partial charge in [0.15, 0.2) is 0 Å². The number of hydrogen-bond acceptors (Lipinski definition) is 5. The fourth-order valence-electron chi connectivity index (χ4n) is 0.297. The van der Waals surface area contributed by atoms with Crippen LogP contribution in [0.3, 0.4) is 0 Å². The van der Waals surface area contributed by atoms with Crippen LogP contribution >= 0.6 is 12.0 Å². The molecule has 0 spiro atoms. The molecule has 0 atom stereocenters. The number of hydrogen-bond donors (Lipinski definition) is 1. The molecule has 0 aromatic rings. The lowest BCUT2D eigenvalue weighted by atomic mass is 10.5. The van der Waals surface area contributed by atoms with Crippen molar-refractivity contribution < 1.29 is 19.4 Å². The van der Waals surface area contributed by atoms with Crippen LogP contribution in [0, 0.1) is 0 Å². The third-order valence-corrected chi connectivity index (χ3v) is 1.19. The second kappa shape index (κ2) is 8.19. The molecule has 0 bridgehead atoms. The molecular weight excluding hydrogens is 144 g/mol. The van der Waals surface area contributed by atoms with Crippen LogP contribution in [-0.2, 0) is 14.1 Å². The summed E-state index contributed by atoms with van der Waals surface area (Å²) in [7, 11) is 1.45. The van der Waals surface area contributed by atoms with E-state index in [2.05, 4.69) is 14.1 Å². The van der Waals surface area contributed by atoms with Crippen LogP contribution in [0.1, 0.15) is 6.42 Å². The Hall–Kier alpha value is 0.190. The van der Waals surface area contributed by atoms with Crippen LogP contribution in [0.5, 0.6) is 0 Å². The third kappa shape index (κ3) is 8.19. The summed E-state index contributed by atoms with van der Waals surface area (Å²) in [5.41, 5.74) is 0. The minimum absolute atomic E-state index is 0.521. The molecule has 0 heterocycles. The van der Waals surface area contributed by atoms with Crippen LogP contribution in [0.2, 0.25) is 0 Å². The third-order valence-electron chi connectivity index (χ3n) is 0.626. The molecule has 1 N–H and O–H groups in total. The van der Waals surface area contributed by atoms with Gasteiger partial charge >= 0.3 is 0 Å². The van der Waals surface area contributed by atoms with Crippen LogP contribution in [0.4, 0.5) is 0 Å². The molecule has 0 radical (unpaired) electrons. The highest BCUT2D eigenvalue weighted by Crippen LogP contribution is 2.00. The largest absolute Gasteiger partial charge is 0.240 e. The van der Waals surface area contributed by atoms with Gasteiger partial charge in [0.25, 0.3) is 0 Å². The predicted octanol–water partition coefficient (Wildman–Crippen LogP) is 1.09. The topological polar surface area (TPSA) is 47.9 Å². The molecule has 9 heavy (non-hydrogen) atoms. The van der Waals surface area contributed by atoms with Gasteiger partial charge in [-0.3, -0.25) is 0 Å². The van der Waals surface area contributed by atoms with Crippen LogP contribution in [-0.4, -0.2) is 24.7 Å². The Morgan fingerprint density at radius 2 is 2.33 bits per heavy atom. The molecular formula is C4H10O4S. The van der Waals surface area contributed by atoms with Gasteiger partial charge in [-0.25, -0.2) is 15.0 Å². The van der Waals surface area contributed by atoms with Crippen molar-refractivity contribution in [3.63, 3.8) is 0 Å². The summed E-state index contributed by atoms with van der Waals surface area (Å²) in [6.45, 7) is 0.521. The molecule has 0 unspecified atom stereocenters. The SMILES string of the molecule is COOCCCSOO. The molecule has 56 valence electrons.